The predicted molar refractivity (Wildman–Crippen MR) is 100.0 cm³/mol. The summed E-state index contributed by atoms with van der Waals surface area (Å²) in [6.07, 6.45) is 0. The average Bonchev–Trinajstić information content (AvgIpc) is 2.43. The zero-order valence-electron chi connectivity index (χ0n) is 15.3. The van der Waals surface area contributed by atoms with E-state index in [4.69, 9.17) is 68.3 Å². The van der Waals surface area contributed by atoms with E-state index < -0.39 is 23.3 Å². The van der Waals surface area contributed by atoms with Gasteiger partial charge in [-0.3, -0.25) is 0 Å². The van der Waals surface area contributed by atoms with Crippen molar-refractivity contribution in [3.8, 4) is 0 Å². The molecule has 12 heteroatoms. The molecule has 0 aliphatic rings. The Morgan fingerprint density at radius 2 is 0.458 bits per heavy atom. The van der Waals surface area contributed by atoms with E-state index in [1.165, 1.54) is 0 Å². The van der Waals surface area contributed by atoms with Crippen LogP contribution in [0.25, 0.3) is 0 Å². The number of aliphatic hydroxyl groups is 6. The van der Waals surface area contributed by atoms with Gasteiger partial charge < -0.3 is 30.6 Å². The molecule has 0 aromatic rings. The first kappa shape index (κ1) is 45.2. The molecule has 0 rings (SSSR count). The van der Waals surface area contributed by atoms with Gasteiger partial charge in [-0.25, -0.2) is 0 Å². The second kappa shape index (κ2) is 73.1. The third-order valence-corrected chi connectivity index (χ3v) is 57.4. The summed E-state index contributed by atoms with van der Waals surface area (Å²) in [6, 6.07) is 0. The van der Waals surface area contributed by atoms with Gasteiger partial charge in [0.25, 0.3) is 0 Å². The summed E-state index contributed by atoms with van der Waals surface area (Å²) >= 11 is -4.02. The number of rotatable bonds is 0. The van der Waals surface area contributed by atoms with Crippen LogP contribution in [0.15, 0.2) is 0 Å². The van der Waals surface area contributed by atoms with Crippen LogP contribution < -0.4 is 0 Å². The minimum absolute atomic E-state index is 0.250. The van der Waals surface area contributed by atoms with Crippen LogP contribution in [0.3, 0.4) is 0 Å². The maximum atomic E-state index is 7.57. The van der Waals surface area contributed by atoms with Gasteiger partial charge in [0, 0.05) is 39.6 Å². The zero-order chi connectivity index (χ0) is 21.4. The Bertz CT molecular complexity index is 139. The fraction of sp³-hybridized carbons (Fsp3) is 1.00. The van der Waals surface area contributed by atoms with Crippen molar-refractivity contribution in [3.05, 3.63) is 0 Å². The van der Waals surface area contributed by atoms with E-state index in [0.717, 1.165) is 0 Å². The first-order valence-corrected chi connectivity index (χ1v) is 32.5. The van der Waals surface area contributed by atoms with Crippen molar-refractivity contribution < 1.29 is 53.9 Å². The van der Waals surface area contributed by atoms with Crippen molar-refractivity contribution in [1.29, 1.82) is 0 Å². The van der Waals surface area contributed by atoms with Gasteiger partial charge in [-0.05, 0) is 41.5 Å². The van der Waals surface area contributed by atoms with E-state index in [2.05, 4.69) is 0 Å². The second-order valence-corrected chi connectivity index (χ2v) is 61.1. The summed E-state index contributed by atoms with van der Waals surface area (Å²) in [5.41, 5.74) is 0. The van der Waals surface area contributed by atoms with Gasteiger partial charge in [-0.15, -0.1) is 0 Å². The molecule has 0 saturated carbocycles. The van der Waals surface area contributed by atoms with Crippen LogP contribution in [0, 0.1) is 0 Å². The molecule has 0 aromatic heterocycles. The number of hydrogen-bond acceptors (Lipinski definition) is 6. The van der Waals surface area contributed by atoms with Crippen molar-refractivity contribution in [3.63, 3.8) is 0 Å². The van der Waals surface area contributed by atoms with Crippen LogP contribution in [0.4, 0.5) is 0 Å². The van der Waals surface area contributed by atoms with Crippen molar-refractivity contribution in [1.82, 2.24) is 0 Å². The maximum absolute atomic E-state index is 7.57. The fourth-order valence-corrected chi connectivity index (χ4v) is 0. The molecule has 0 heterocycles. The quantitative estimate of drug-likeness (QED) is 0.225. The van der Waals surface area contributed by atoms with Crippen LogP contribution in [0.5, 0.6) is 0 Å². The van der Waals surface area contributed by atoms with Crippen LogP contribution >= 0.6 is 37.7 Å². The molecule has 0 unspecified atom stereocenters. The Kier molecular flexibility index (Phi) is 138. The monoisotopic (exact) mass is 784 g/mol. The fourth-order valence-electron chi connectivity index (χ4n) is 0. The average molecular weight is 786 g/mol. The Labute approximate surface area is 171 Å². The van der Waals surface area contributed by atoms with E-state index in [1.54, 1.807) is 41.5 Å². The summed E-state index contributed by atoms with van der Waals surface area (Å²) in [6.45, 7) is 11.6. The molecule has 6 N–H and O–H groups in total. The van der Waals surface area contributed by atoms with E-state index >= 15 is 0 Å². The van der Waals surface area contributed by atoms with Crippen LogP contribution in [-0.4, -0.2) is 70.3 Å². The Morgan fingerprint density at radius 1 is 0.417 bits per heavy atom. The Morgan fingerprint density at radius 3 is 0.458 bits per heavy atom. The van der Waals surface area contributed by atoms with Crippen molar-refractivity contribution in [2.75, 3.05) is 39.6 Å². The third kappa shape index (κ3) is 333. The molecule has 6 nitrogen and oxygen atoms in total. The minimum atomic E-state index is -2.01. The third-order valence-electron chi connectivity index (χ3n) is 0.0952. The summed E-state index contributed by atoms with van der Waals surface area (Å²) in [4.78, 5) is 0. The SMILES string of the molecule is CCO.CCO.CCO.CCO.CCO.CCO.[Cl][W]([Cl])=[W]([Cl])[Cl]. The molecule has 0 radical (unpaired) electrons. The second-order valence-electron chi connectivity index (χ2n) is 2.27. The Hall–Kier alpha value is 2.30. The van der Waals surface area contributed by atoms with Gasteiger partial charge in [0.2, 0.25) is 0 Å². The Balaban J connectivity index is -0.0000000289. The molecule has 0 amide bonds. The van der Waals surface area contributed by atoms with Gasteiger partial charge >= 0.3 is 60.9 Å². The molecule has 0 saturated heterocycles. The number of halogens is 4. The molecule has 0 aliphatic carbocycles. The standard InChI is InChI=1S/6C2H6O.4ClH.2W/c6*1-2-3;;;;;;/h6*3H,2H2,1H3;4*1H;;/q;;;;;;;;;;2*+2/p-4. The molecular formula is C12H36Cl4O6W2. The van der Waals surface area contributed by atoms with Gasteiger partial charge in [0.05, 0.1) is 0 Å². The van der Waals surface area contributed by atoms with Gasteiger partial charge in [-0.1, -0.05) is 0 Å². The van der Waals surface area contributed by atoms with Crippen LogP contribution in [-0.2, 0) is 23.3 Å². The summed E-state index contributed by atoms with van der Waals surface area (Å²) in [5, 5.41) is 45.4. The van der Waals surface area contributed by atoms with Crippen LogP contribution in [0.2, 0.25) is 0 Å². The van der Waals surface area contributed by atoms with Crippen molar-refractivity contribution >= 4 is 37.7 Å². The van der Waals surface area contributed by atoms with E-state index in [9.17, 15) is 0 Å². The molecule has 0 aromatic carbocycles. The van der Waals surface area contributed by atoms with Gasteiger partial charge in [0.1, 0.15) is 0 Å². The molecule has 160 valence electrons. The number of hydrogen-bond donors (Lipinski definition) is 6. The van der Waals surface area contributed by atoms with Gasteiger partial charge in [0.15, 0.2) is 0 Å². The van der Waals surface area contributed by atoms with E-state index in [1.807, 2.05) is 0 Å². The zero-order valence-corrected chi connectivity index (χ0v) is 24.1. The molecule has 0 spiro atoms. The van der Waals surface area contributed by atoms with Crippen molar-refractivity contribution in [2.24, 2.45) is 0 Å². The van der Waals surface area contributed by atoms with Gasteiger partial charge in [-0.2, -0.15) is 0 Å². The normalized spacial score (nSPS) is 7.25. The first-order chi connectivity index (χ1) is 11.1. The summed E-state index contributed by atoms with van der Waals surface area (Å²) in [7, 11) is 21.6. The number of aliphatic hydroxyl groups excluding tert-OH is 6. The predicted octanol–water partition coefficient (Wildman–Crippen LogP) is 2.74. The summed E-state index contributed by atoms with van der Waals surface area (Å²) < 4.78 is 0. The topological polar surface area (TPSA) is 121 Å². The first-order valence-electron chi connectivity index (χ1n) is 6.92. The molecular weight excluding hydrogens is 750 g/mol. The summed E-state index contributed by atoms with van der Waals surface area (Å²) in [5.74, 6) is 0. The van der Waals surface area contributed by atoms with Crippen LogP contribution in [0.1, 0.15) is 41.5 Å². The van der Waals surface area contributed by atoms with Crippen molar-refractivity contribution in [2.45, 2.75) is 41.5 Å². The van der Waals surface area contributed by atoms with E-state index in [-0.39, 0.29) is 39.6 Å². The molecule has 24 heavy (non-hydrogen) atoms. The molecule has 0 aliphatic heterocycles. The molecule has 0 bridgehead atoms. The van der Waals surface area contributed by atoms with E-state index in [0.29, 0.717) is 0 Å². The molecule has 0 atom stereocenters. The molecule has 0 fully saturated rings.